The molecule has 0 heterocycles. The summed E-state index contributed by atoms with van der Waals surface area (Å²) in [6.07, 6.45) is 0. The van der Waals surface area contributed by atoms with E-state index in [0.29, 0.717) is 10.0 Å². The Labute approximate surface area is 93.1 Å². The van der Waals surface area contributed by atoms with Gasteiger partial charge in [0.05, 0.1) is 5.02 Å². The topological polar surface area (TPSA) is 0 Å². The van der Waals surface area contributed by atoms with Crippen LogP contribution in [0.1, 0.15) is 0 Å². The Hall–Kier alpha value is -0.980. The Bertz CT molecular complexity index is 450. The Kier molecular flexibility index (Phi) is 2.76. The lowest BCUT2D eigenvalue weighted by Gasteiger charge is -2.03. The number of hydrogen-bond donors (Lipinski definition) is 0. The summed E-state index contributed by atoms with van der Waals surface area (Å²) in [7, 11) is 0. The fourth-order valence-electron chi connectivity index (χ4n) is 1.30. The fraction of sp³-hybridized carbons (Fsp3) is 0. The van der Waals surface area contributed by atoms with E-state index in [2.05, 4.69) is 6.07 Å². The minimum absolute atomic E-state index is 0.620. The van der Waals surface area contributed by atoms with Crippen molar-refractivity contribution < 1.29 is 0 Å². The van der Waals surface area contributed by atoms with E-state index in [1.807, 2.05) is 36.4 Å². The van der Waals surface area contributed by atoms with Crippen molar-refractivity contribution in [1.29, 1.82) is 0 Å². The van der Waals surface area contributed by atoms with Crippen LogP contribution in [-0.4, -0.2) is 0 Å². The summed E-state index contributed by atoms with van der Waals surface area (Å²) in [5, 5.41) is 1.33. The molecule has 0 atom stereocenters. The van der Waals surface area contributed by atoms with Crippen molar-refractivity contribution in [2.75, 3.05) is 0 Å². The monoisotopic (exact) mass is 221 g/mol. The van der Waals surface area contributed by atoms with E-state index < -0.39 is 0 Å². The van der Waals surface area contributed by atoms with Gasteiger partial charge in [0.15, 0.2) is 0 Å². The molecule has 0 N–H and O–H groups in total. The Morgan fingerprint density at radius 3 is 2.57 bits per heavy atom. The van der Waals surface area contributed by atoms with Crippen LogP contribution < -0.4 is 0 Å². The molecule has 1 radical (unpaired) electrons. The third-order valence-corrected chi connectivity index (χ3v) is 2.49. The van der Waals surface area contributed by atoms with E-state index in [0.717, 1.165) is 11.1 Å². The molecular formula is C12H7Cl2. The van der Waals surface area contributed by atoms with Crippen molar-refractivity contribution in [3.8, 4) is 11.1 Å². The maximum absolute atomic E-state index is 6.01. The first-order valence-corrected chi connectivity index (χ1v) is 4.95. The Morgan fingerprint density at radius 2 is 1.86 bits per heavy atom. The predicted molar refractivity (Wildman–Crippen MR) is 60.7 cm³/mol. The van der Waals surface area contributed by atoms with Gasteiger partial charge in [0.2, 0.25) is 0 Å². The van der Waals surface area contributed by atoms with Crippen molar-refractivity contribution in [3.63, 3.8) is 0 Å². The molecular weight excluding hydrogens is 215 g/mol. The zero-order valence-electron chi connectivity index (χ0n) is 7.30. The van der Waals surface area contributed by atoms with Gasteiger partial charge >= 0.3 is 0 Å². The number of benzene rings is 2. The minimum atomic E-state index is 0.620. The molecule has 0 aliphatic heterocycles. The van der Waals surface area contributed by atoms with Gasteiger partial charge in [-0.1, -0.05) is 53.5 Å². The average molecular weight is 222 g/mol. The van der Waals surface area contributed by atoms with E-state index >= 15 is 0 Å². The van der Waals surface area contributed by atoms with Gasteiger partial charge in [-0.3, -0.25) is 0 Å². The second kappa shape index (κ2) is 4.04. The second-order valence-corrected chi connectivity index (χ2v) is 3.72. The molecule has 0 unspecified atom stereocenters. The van der Waals surface area contributed by atoms with Gasteiger partial charge in [-0.2, -0.15) is 0 Å². The molecule has 0 aromatic heterocycles. The highest BCUT2D eigenvalue weighted by Crippen LogP contribution is 2.28. The molecule has 2 rings (SSSR count). The van der Waals surface area contributed by atoms with E-state index in [4.69, 9.17) is 23.2 Å². The standard InChI is InChI=1S/C12H7Cl2/c13-10-5-3-4-9(8-10)11-6-1-2-7-12(11)14/h1-6,8H. The van der Waals surface area contributed by atoms with Crippen molar-refractivity contribution >= 4 is 23.2 Å². The predicted octanol–water partition coefficient (Wildman–Crippen LogP) is 4.46. The zero-order valence-corrected chi connectivity index (χ0v) is 8.81. The van der Waals surface area contributed by atoms with Crippen LogP contribution in [0.2, 0.25) is 10.0 Å². The summed E-state index contributed by atoms with van der Waals surface area (Å²) < 4.78 is 0. The van der Waals surface area contributed by atoms with Crippen LogP contribution in [0.5, 0.6) is 0 Å². The zero-order chi connectivity index (χ0) is 9.97. The molecule has 14 heavy (non-hydrogen) atoms. The Morgan fingerprint density at radius 1 is 1.00 bits per heavy atom. The maximum atomic E-state index is 6.01. The maximum Gasteiger partial charge on any atom is 0.0563 e. The van der Waals surface area contributed by atoms with Crippen LogP contribution >= 0.6 is 23.2 Å². The molecule has 0 fully saturated rings. The van der Waals surface area contributed by atoms with Crippen LogP contribution in [0.25, 0.3) is 11.1 Å². The third kappa shape index (κ3) is 1.92. The highest BCUT2D eigenvalue weighted by Gasteiger charge is 2.02. The highest BCUT2D eigenvalue weighted by atomic mass is 35.5. The third-order valence-electron chi connectivity index (χ3n) is 1.94. The SMILES string of the molecule is Clc1cccc(-c2ccc[c]c2Cl)c1. The lowest BCUT2D eigenvalue weighted by molar-refractivity contribution is 1.61. The molecule has 0 amide bonds. The summed E-state index contributed by atoms with van der Waals surface area (Å²) in [6.45, 7) is 0. The van der Waals surface area contributed by atoms with Gasteiger partial charge in [-0.25, -0.2) is 0 Å². The molecule has 0 nitrogen and oxygen atoms in total. The number of halogens is 2. The van der Waals surface area contributed by atoms with Crippen molar-refractivity contribution in [2.24, 2.45) is 0 Å². The van der Waals surface area contributed by atoms with Crippen molar-refractivity contribution in [2.45, 2.75) is 0 Å². The van der Waals surface area contributed by atoms with Gasteiger partial charge in [0.1, 0.15) is 0 Å². The summed E-state index contributed by atoms with van der Waals surface area (Å²) in [5.41, 5.74) is 1.97. The number of rotatable bonds is 1. The van der Waals surface area contributed by atoms with Crippen LogP contribution in [0.15, 0.2) is 42.5 Å². The first-order chi connectivity index (χ1) is 6.77. The molecule has 0 spiro atoms. The molecule has 0 aliphatic carbocycles. The average Bonchev–Trinajstić information content (AvgIpc) is 2.18. The molecule has 0 bridgehead atoms. The van der Waals surface area contributed by atoms with Crippen LogP contribution in [0.4, 0.5) is 0 Å². The molecule has 2 aromatic rings. The van der Waals surface area contributed by atoms with Gasteiger partial charge < -0.3 is 0 Å². The fourth-order valence-corrected chi connectivity index (χ4v) is 1.72. The summed E-state index contributed by atoms with van der Waals surface area (Å²) in [4.78, 5) is 0. The van der Waals surface area contributed by atoms with Gasteiger partial charge in [0, 0.05) is 16.7 Å². The van der Waals surface area contributed by atoms with Crippen molar-refractivity contribution in [1.82, 2.24) is 0 Å². The van der Waals surface area contributed by atoms with Crippen LogP contribution in [0.3, 0.4) is 0 Å². The smallest absolute Gasteiger partial charge is 0.0563 e. The molecule has 69 valence electrons. The quantitative estimate of drug-likeness (QED) is 0.668. The van der Waals surface area contributed by atoms with E-state index in [9.17, 15) is 0 Å². The molecule has 2 aromatic carbocycles. The number of hydrogen-bond acceptors (Lipinski definition) is 0. The second-order valence-electron chi connectivity index (χ2n) is 2.91. The summed E-state index contributed by atoms with van der Waals surface area (Å²) in [6, 6.07) is 16.2. The molecule has 2 heteroatoms. The lowest BCUT2D eigenvalue weighted by atomic mass is 10.1. The first-order valence-electron chi connectivity index (χ1n) is 4.19. The van der Waals surface area contributed by atoms with Crippen LogP contribution in [-0.2, 0) is 0 Å². The van der Waals surface area contributed by atoms with Gasteiger partial charge in [0.25, 0.3) is 0 Å². The minimum Gasteiger partial charge on any atom is -0.0843 e. The summed E-state index contributed by atoms with van der Waals surface area (Å²) >= 11 is 11.9. The van der Waals surface area contributed by atoms with E-state index in [1.165, 1.54) is 0 Å². The first kappa shape index (κ1) is 9.57. The molecule has 0 saturated heterocycles. The normalized spacial score (nSPS) is 10.1. The lowest BCUT2D eigenvalue weighted by Crippen LogP contribution is -1.78. The van der Waals surface area contributed by atoms with Crippen LogP contribution in [0, 0.1) is 6.07 Å². The Balaban J connectivity index is 2.55. The summed E-state index contributed by atoms with van der Waals surface area (Å²) in [5.74, 6) is 0. The van der Waals surface area contributed by atoms with Gasteiger partial charge in [-0.15, -0.1) is 0 Å². The van der Waals surface area contributed by atoms with E-state index in [-0.39, 0.29) is 0 Å². The van der Waals surface area contributed by atoms with E-state index in [1.54, 1.807) is 6.07 Å². The largest absolute Gasteiger partial charge is 0.0843 e. The van der Waals surface area contributed by atoms with Crippen molar-refractivity contribution in [3.05, 3.63) is 58.6 Å². The highest BCUT2D eigenvalue weighted by molar-refractivity contribution is 6.33. The molecule has 0 saturated carbocycles. The molecule has 0 aliphatic rings. The van der Waals surface area contributed by atoms with Gasteiger partial charge in [-0.05, 0) is 17.7 Å².